The maximum atomic E-state index is 10.8. The van der Waals surface area contributed by atoms with E-state index in [-0.39, 0.29) is 12.4 Å². The van der Waals surface area contributed by atoms with Crippen LogP contribution in [-0.2, 0) is 6.54 Å². The molecule has 0 aromatic heterocycles. The van der Waals surface area contributed by atoms with Gasteiger partial charge in [-0.25, -0.2) is 4.79 Å². The highest BCUT2D eigenvalue weighted by atomic mass is 35.5. The fourth-order valence-electron chi connectivity index (χ4n) is 2.06. The number of hydrogen-bond acceptors (Lipinski definition) is 4. The monoisotopic (exact) mass is 305 g/mol. The minimum Gasteiger partial charge on any atom is -0.478 e. The number of hydrogen-bond donors (Lipinski definition) is 2. The SMILES string of the molecule is O=C(O)c1ccc(NCc2cc(Cl)c3c(c2)OCO3)cc1. The number of benzene rings is 2. The van der Waals surface area contributed by atoms with Crippen molar-refractivity contribution in [1.29, 1.82) is 0 Å². The normalized spacial score (nSPS) is 12.2. The van der Waals surface area contributed by atoms with Crippen molar-refractivity contribution in [3.8, 4) is 11.5 Å². The topological polar surface area (TPSA) is 67.8 Å². The van der Waals surface area contributed by atoms with Gasteiger partial charge in [0.1, 0.15) is 0 Å². The summed E-state index contributed by atoms with van der Waals surface area (Å²) in [7, 11) is 0. The highest BCUT2D eigenvalue weighted by molar-refractivity contribution is 6.32. The van der Waals surface area contributed by atoms with Crippen molar-refractivity contribution >= 4 is 23.3 Å². The lowest BCUT2D eigenvalue weighted by molar-refractivity contribution is 0.0697. The van der Waals surface area contributed by atoms with Gasteiger partial charge in [-0.3, -0.25) is 0 Å². The second kappa shape index (κ2) is 5.54. The minimum absolute atomic E-state index is 0.183. The third-order valence-electron chi connectivity index (χ3n) is 3.12. The van der Waals surface area contributed by atoms with Crippen molar-refractivity contribution in [2.24, 2.45) is 0 Å². The molecule has 1 aliphatic heterocycles. The summed E-state index contributed by atoms with van der Waals surface area (Å²) in [6, 6.07) is 10.2. The lowest BCUT2D eigenvalue weighted by Crippen LogP contribution is -2.01. The van der Waals surface area contributed by atoms with E-state index in [0.29, 0.717) is 23.1 Å². The minimum atomic E-state index is -0.941. The zero-order valence-corrected chi connectivity index (χ0v) is 11.7. The molecule has 1 aliphatic rings. The van der Waals surface area contributed by atoms with Crippen molar-refractivity contribution in [2.45, 2.75) is 6.54 Å². The molecule has 0 unspecified atom stereocenters. The Bertz CT molecular complexity index is 685. The Balaban J connectivity index is 1.70. The number of ether oxygens (including phenoxy) is 2. The van der Waals surface area contributed by atoms with Gasteiger partial charge in [-0.2, -0.15) is 0 Å². The van der Waals surface area contributed by atoms with Gasteiger partial charge in [0.25, 0.3) is 0 Å². The first-order valence-corrected chi connectivity index (χ1v) is 6.66. The Morgan fingerprint density at radius 1 is 1.24 bits per heavy atom. The van der Waals surface area contributed by atoms with Crippen LogP contribution in [0.25, 0.3) is 0 Å². The van der Waals surface area contributed by atoms with Crippen molar-refractivity contribution in [2.75, 3.05) is 12.1 Å². The number of fused-ring (bicyclic) bond motifs is 1. The maximum Gasteiger partial charge on any atom is 0.335 e. The average molecular weight is 306 g/mol. The van der Waals surface area contributed by atoms with E-state index in [9.17, 15) is 4.79 Å². The van der Waals surface area contributed by atoms with Gasteiger partial charge >= 0.3 is 5.97 Å². The van der Waals surface area contributed by atoms with Gasteiger partial charge in [0.15, 0.2) is 11.5 Å². The zero-order chi connectivity index (χ0) is 14.8. The van der Waals surface area contributed by atoms with E-state index in [0.717, 1.165) is 11.3 Å². The van der Waals surface area contributed by atoms with Crippen LogP contribution in [0, 0.1) is 0 Å². The summed E-state index contributed by atoms with van der Waals surface area (Å²) in [5.41, 5.74) is 2.03. The van der Waals surface area contributed by atoms with Crippen LogP contribution in [0.15, 0.2) is 36.4 Å². The van der Waals surface area contributed by atoms with Crippen LogP contribution >= 0.6 is 11.6 Å². The molecule has 2 N–H and O–H groups in total. The molecule has 21 heavy (non-hydrogen) atoms. The van der Waals surface area contributed by atoms with E-state index in [1.165, 1.54) is 0 Å². The zero-order valence-electron chi connectivity index (χ0n) is 10.9. The van der Waals surface area contributed by atoms with Gasteiger partial charge < -0.3 is 19.9 Å². The molecule has 6 heteroatoms. The standard InChI is InChI=1S/C15H12ClNO4/c16-12-5-9(6-13-14(12)21-8-20-13)7-17-11-3-1-10(2-4-11)15(18)19/h1-6,17H,7-8H2,(H,18,19). The van der Waals surface area contributed by atoms with Crippen molar-refractivity contribution in [3.05, 3.63) is 52.5 Å². The fourth-order valence-corrected chi connectivity index (χ4v) is 2.35. The number of carbonyl (C=O) groups is 1. The predicted molar refractivity (Wildman–Crippen MR) is 78.3 cm³/mol. The molecule has 1 heterocycles. The first kappa shape index (κ1) is 13.6. The molecule has 0 saturated carbocycles. The lowest BCUT2D eigenvalue weighted by Gasteiger charge is -2.08. The number of halogens is 1. The summed E-state index contributed by atoms with van der Waals surface area (Å²) >= 11 is 6.11. The molecule has 0 amide bonds. The summed E-state index contributed by atoms with van der Waals surface area (Å²) in [5.74, 6) is 0.274. The highest BCUT2D eigenvalue weighted by Gasteiger charge is 2.18. The molecular weight excluding hydrogens is 294 g/mol. The van der Waals surface area contributed by atoms with Gasteiger partial charge in [0.05, 0.1) is 10.6 Å². The average Bonchev–Trinajstić information content (AvgIpc) is 2.94. The van der Waals surface area contributed by atoms with E-state index in [1.54, 1.807) is 24.3 Å². The molecule has 0 radical (unpaired) electrons. The van der Waals surface area contributed by atoms with Gasteiger partial charge in [-0.15, -0.1) is 0 Å². The van der Waals surface area contributed by atoms with E-state index in [1.807, 2.05) is 12.1 Å². The second-order valence-corrected chi connectivity index (χ2v) is 4.95. The van der Waals surface area contributed by atoms with Gasteiger partial charge in [-0.05, 0) is 42.0 Å². The molecule has 0 aliphatic carbocycles. The third-order valence-corrected chi connectivity index (χ3v) is 3.40. The number of nitrogens with one attached hydrogen (secondary N) is 1. The van der Waals surface area contributed by atoms with Crippen molar-refractivity contribution in [3.63, 3.8) is 0 Å². The smallest absolute Gasteiger partial charge is 0.335 e. The van der Waals surface area contributed by atoms with Gasteiger partial charge in [0.2, 0.25) is 6.79 Å². The number of rotatable bonds is 4. The van der Waals surface area contributed by atoms with Crippen LogP contribution in [0.1, 0.15) is 15.9 Å². The molecule has 5 nitrogen and oxygen atoms in total. The highest BCUT2D eigenvalue weighted by Crippen LogP contribution is 2.39. The van der Waals surface area contributed by atoms with Crippen LogP contribution in [0.4, 0.5) is 5.69 Å². The molecule has 0 saturated heterocycles. The van der Waals surface area contributed by atoms with E-state index in [4.69, 9.17) is 26.2 Å². The lowest BCUT2D eigenvalue weighted by atomic mass is 10.1. The number of carboxylic acid groups (broad SMARTS) is 1. The first-order chi connectivity index (χ1) is 10.1. The third kappa shape index (κ3) is 2.87. The summed E-state index contributed by atoms with van der Waals surface area (Å²) in [5, 5.41) is 12.6. The van der Waals surface area contributed by atoms with Gasteiger partial charge in [-0.1, -0.05) is 11.6 Å². The number of aromatic carboxylic acids is 1. The molecule has 0 bridgehead atoms. The van der Waals surface area contributed by atoms with E-state index >= 15 is 0 Å². The van der Waals surface area contributed by atoms with E-state index in [2.05, 4.69) is 5.32 Å². The summed E-state index contributed by atoms with van der Waals surface area (Å²) in [6.45, 7) is 0.728. The van der Waals surface area contributed by atoms with Crippen LogP contribution in [0.5, 0.6) is 11.5 Å². The Hall–Kier alpha value is -2.40. The second-order valence-electron chi connectivity index (χ2n) is 4.55. The van der Waals surface area contributed by atoms with Crippen LogP contribution in [-0.4, -0.2) is 17.9 Å². The van der Waals surface area contributed by atoms with Crippen molar-refractivity contribution in [1.82, 2.24) is 0 Å². The summed E-state index contributed by atoms with van der Waals surface area (Å²) < 4.78 is 10.6. The van der Waals surface area contributed by atoms with E-state index < -0.39 is 5.97 Å². The Labute approximate surface area is 126 Å². The molecule has 108 valence electrons. The van der Waals surface area contributed by atoms with Crippen LogP contribution in [0.3, 0.4) is 0 Å². The van der Waals surface area contributed by atoms with Crippen LogP contribution < -0.4 is 14.8 Å². The summed E-state index contributed by atoms with van der Waals surface area (Å²) in [6.07, 6.45) is 0. The molecule has 3 rings (SSSR count). The Morgan fingerprint density at radius 3 is 2.71 bits per heavy atom. The Kier molecular flexibility index (Phi) is 3.58. The van der Waals surface area contributed by atoms with Crippen molar-refractivity contribution < 1.29 is 19.4 Å². The largest absolute Gasteiger partial charge is 0.478 e. The molecular formula is C15H12ClNO4. The first-order valence-electron chi connectivity index (χ1n) is 6.29. The van der Waals surface area contributed by atoms with Crippen LogP contribution in [0.2, 0.25) is 5.02 Å². The quantitative estimate of drug-likeness (QED) is 0.906. The summed E-state index contributed by atoms with van der Waals surface area (Å²) in [4.78, 5) is 10.8. The molecule has 2 aromatic carbocycles. The van der Waals surface area contributed by atoms with Gasteiger partial charge in [0, 0.05) is 12.2 Å². The number of carboxylic acids is 1. The molecule has 2 aromatic rings. The predicted octanol–water partition coefficient (Wildman–Crippen LogP) is 3.38. The molecule has 0 spiro atoms. The Morgan fingerprint density at radius 2 is 2.00 bits per heavy atom. The molecule has 0 fully saturated rings. The maximum absolute atomic E-state index is 10.8. The number of anilines is 1. The fraction of sp³-hybridized carbons (Fsp3) is 0.133. The molecule has 0 atom stereocenters.